The highest BCUT2D eigenvalue weighted by molar-refractivity contribution is 7.18. The lowest BCUT2D eigenvalue weighted by molar-refractivity contribution is 0.338. The maximum Gasteiger partial charge on any atom is 0.147 e. The van der Waals surface area contributed by atoms with Crippen LogP contribution in [0.2, 0.25) is 0 Å². The van der Waals surface area contributed by atoms with Gasteiger partial charge in [-0.2, -0.15) is 0 Å². The number of hydrogen-bond donors (Lipinski definition) is 2. The van der Waals surface area contributed by atoms with Crippen molar-refractivity contribution >= 4 is 27.4 Å². The minimum atomic E-state index is 0.418. The molecule has 0 atom stereocenters. The van der Waals surface area contributed by atoms with Gasteiger partial charge in [-0.1, -0.05) is 0 Å². The molecule has 0 radical (unpaired) electrons. The van der Waals surface area contributed by atoms with Gasteiger partial charge in [0.15, 0.2) is 0 Å². The lowest BCUT2D eigenvalue weighted by Gasteiger charge is -2.26. The van der Waals surface area contributed by atoms with Crippen LogP contribution < -0.4 is 11.1 Å². The Hall–Kier alpha value is -1.20. The minimum absolute atomic E-state index is 0.418. The summed E-state index contributed by atoms with van der Waals surface area (Å²) in [5, 5.41) is 5.65. The van der Waals surface area contributed by atoms with E-state index >= 15 is 0 Å². The molecule has 5 heteroatoms. The number of fused-ring (bicyclic) bond motifs is 1. The molecule has 0 amide bonds. The Morgan fingerprint density at radius 1 is 1.32 bits per heavy atom. The maximum atomic E-state index is 5.94. The summed E-state index contributed by atoms with van der Waals surface area (Å²) in [5.74, 6) is 1.71. The first-order valence-electron chi connectivity index (χ1n) is 6.92. The van der Waals surface area contributed by atoms with Crippen LogP contribution in [0.25, 0.3) is 10.2 Å². The van der Waals surface area contributed by atoms with E-state index in [4.69, 9.17) is 5.73 Å². The molecule has 1 saturated carbocycles. The highest BCUT2D eigenvalue weighted by Gasteiger charge is 2.18. The van der Waals surface area contributed by atoms with Crippen molar-refractivity contribution in [2.24, 2.45) is 11.7 Å². The third kappa shape index (κ3) is 2.72. The maximum absolute atomic E-state index is 5.94. The molecule has 2 heterocycles. The van der Waals surface area contributed by atoms with E-state index in [-0.39, 0.29) is 0 Å². The smallest absolute Gasteiger partial charge is 0.147 e. The lowest BCUT2D eigenvalue weighted by atomic mass is 9.86. The van der Waals surface area contributed by atoms with Crippen molar-refractivity contribution in [2.75, 3.05) is 11.9 Å². The third-order valence-electron chi connectivity index (χ3n) is 3.98. The second-order valence-electron chi connectivity index (χ2n) is 5.48. The number of nitrogens with two attached hydrogens (primary N) is 1. The minimum Gasteiger partial charge on any atom is -0.369 e. The third-order valence-corrected chi connectivity index (χ3v) is 5.07. The normalized spacial score (nSPS) is 23.7. The van der Waals surface area contributed by atoms with Gasteiger partial charge in [0.05, 0.1) is 10.2 Å². The van der Waals surface area contributed by atoms with Crippen LogP contribution in [0, 0.1) is 12.8 Å². The van der Waals surface area contributed by atoms with Crippen molar-refractivity contribution in [2.45, 2.75) is 38.6 Å². The summed E-state index contributed by atoms with van der Waals surface area (Å²) in [7, 11) is 0. The van der Waals surface area contributed by atoms with E-state index in [9.17, 15) is 0 Å². The van der Waals surface area contributed by atoms with Crippen molar-refractivity contribution in [1.82, 2.24) is 9.97 Å². The van der Waals surface area contributed by atoms with Gasteiger partial charge < -0.3 is 11.1 Å². The van der Waals surface area contributed by atoms with Crippen LogP contribution in [0.4, 0.5) is 5.82 Å². The van der Waals surface area contributed by atoms with Crippen molar-refractivity contribution in [3.63, 3.8) is 0 Å². The molecule has 1 fully saturated rings. The summed E-state index contributed by atoms with van der Waals surface area (Å²) in [6.45, 7) is 3.09. The quantitative estimate of drug-likeness (QED) is 0.904. The van der Waals surface area contributed by atoms with Gasteiger partial charge in [-0.05, 0) is 49.5 Å². The number of anilines is 1. The summed E-state index contributed by atoms with van der Waals surface area (Å²) in [6.07, 6.45) is 6.42. The zero-order chi connectivity index (χ0) is 13.2. The zero-order valence-electron chi connectivity index (χ0n) is 11.2. The second kappa shape index (κ2) is 5.43. The Balaban J connectivity index is 1.68. The van der Waals surface area contributed by atoms with Gasteiger partial charge in [0.2, 0.25) is 0 Å². The van der Waals surface area contributed by atoms with E-state index in [1.165, 1.54) is 23.1 Å². The van der Waals surface area contributed by atoms with Crippen LogP contribution in [0.3, 0.4) is 0 Å². The van der Waals surface area contributed by atoms with Gasteiger partial charge >= 0.3 is 0 Å². The second-order valence-corrected chi connectivity index (χ2v) is 6.36. The van der Waals surface area contributed by atoms with Crippen LogP contribution in [-0.4, -0.2) is 22.6 Å². The number of hydrogen-bond acceptors (Lipinski definition) is 5. The molecule has 1 aliphatic rings. The Bertz CT molecular complexity index is 558. The molecule has 0 bridgehead atoms. The Morgan fingerprint density at radius 2 is 2.11 bits per heavy atom. The summed E-state index contributed by atoms with van der Waals surface area (Å²) in [6, 6.07) is 0.418. The van der Waals surface area contributed by atoms with Gasteiger partial charge in [0.1, 0.15) is 12.1 Å². The molecule has 4 nitrogen and oxygen atoms in total. The summed E-state index contributed by atoms with van der Waals surface area (Å²) < 4.78 is 1.17. The van der Waals surface area contributed by atoms with E-state index in [1.54, 1.807) is 17.7 Å². The molecule has 3 N–H and O–H groups in total. The molecule has 0 saturated heterocycles. The van der Waals surface area contributed by atoms with Crippen molar-refractivity contribution in [3.8, 4) is 0 Å². The molecule has 0 aliphatic heterocycles. The number of nitrogens with zero attached hydrogens (tertiary/aromatic N) is 2. The Morgan fingerprint density at radius 3 is 2.89 bits per heavy atom. The van der Waals surface area contributed by atoms with E-state index in [2.05, 4.69) is 27.6 Å². The summed E-state index contributed by atoms with van der Waals surface area (Å²) >= 11 is 1.72. The van der Waals surface area contributed by atoms with Crippen LogP contribution in [0.5, 0.6) is 0 Å². The standard InChI is InChI=1S/C14H20N4S/c1-9-7-19-13-12(9)17-8-18-14(13)16-6-10-2-4-11(15)5-3-10/h7-8,10-11H,2-6,15H2,1H3,(H,16,17,18). The van der Waals surface area contributed by atoms with Gasteiger partial charge in [-0.25, -0.2) is 9.97 Å². The number of thiophene rings is 1. The van der Waals surface area contributed by atoms with Gasteiger partial charge in [0, 0.05) is 12.6 Å². The Kier molecular flexibility index (Phi) is 3.66. The van der Waals surface area contributed by atoms with E-state index in [1.807, 2.05) is 0 Å². The molecule has 19 heavy (non-hydrogen) atoms. The number of rotatable bonds is 3. The van der Waals surface area contributed by atoms with Gasteiger partial charge in [-0.15, -0.1) is 11.3 Å². The predicted octanol–water partition coefficient (Wildman–Crippen LogP) is 2.93. The zero-order valence-corrected chi connectivity index (χ0v) is 12.0. The highest BCUT2D eigenvalue weighted by Crippen LogP contribution is 2.29. The van der Waals surface area contributed by atoms with Crippen LogP contribution in [0.15, 0.2) is 11.7 Å². The average molecular weight is 276 g/mol. The predicted molar refractivity (Wildman–Crippen MR) is 80.6 cm³/mol. The van der Waals surface area contributed by atoms with Gasteiger partial charge in [-0.3, -0.25) is 0 Å². The van der Waals surface area contributed by atoms with Crippen LogP contribution >= 0.6 is 11.3 Å². The molecular weight excluding hydrogens is 256 g/mol. The fraction of sp³-hybridized carbons (Fsp3) is 0.571. The monoisotopic (exact) mass is 276 g/mol. The fourth-order valence-corrected chi connectivity index (χ4v) is 3.70. The molecule has 0 aromatic carbocycles. The molecule has 0 spiro atoms. The molecule has 102 valence electrons. The number of aromatic nitrogens is 2. The van der Waals surface area contributed by atoms with Crippen molar-refractivity contribution in [1.29, 1.82) is 0 Å². The molecule has 2 aromatic heterocycles. The van der Waals surface area contributed by atoms with E-state index in [0.29, 0.717) is 6.04 Å². The number of nitrogens with one attached hydrogen (secondary N) is 1. The molecule has 2 aromatic rings. The Labute approximate surface area is 117 Å². The topological polar surface area (TPSA) is 63.8 Å². The highest BCUT2D eigenvalue weighted by atomic mass is 32.1. The molecular formula is C14H20N4S. The summed E-state index contributed by atoms with van der Waals surface area (Å²) in [5.41, 5.74) is 8.25. The molecule has 1 aliphatic carbocycles. The van der Waals surface area contributed by atoms with Crippen LogP contribution in [0.1, 0.15) is 31.2 Å². The first kappa shape index (κ1) is 12.8. The number of aryl methyl sites for hydroxylation is 1. The van der Waals surface area contributed by atoms with E-state index in [0.717, 1.165) is 36.6 Å². The van der Waals surface area contributed by atoms with Crippen molar-refractivity contribution < 1.29 is 0 Å². The molecule has 3 rings (SSSR count). The average Bonchev–Trinajstić information content (AvgIpc) is 2.81. The molecule has 0 unspecified atom stereocenters. The first-order valence-corrected chi connectivity index (χ1v) is 7.80. The largest absolute Gasteiger partial charge is 0.369 e. The lowest BCUT2D eigenvalue weighted by Crippen LogP contribution is -2.29. The van der Waals surface area contributed by atoms with Gasteiger partial charge in [0.25, 0.3) is 0 Å². The fourth-order valence-electron chi connectivity index (χ4n) is 2.73. The first-order chi connectivity index (χ1) is 9.24. The van der Waals surface area contributed by atoms with Crippen LogP contribution in [-0.2, 0) is 0 Å². The SMILES string of the molecule is Cc1csc2c(NCC3CCC(N)CC3)ncnc12. The summed E-state index contributed by atoms with van der Waals surface area (Å²) in [4.78, 5) is 8.73. The van der Waals surface area contributed by atoms with Crippen molar-refractivity contribution in [3.05, 3.63) is 17.3 Å². The van der Waals surface area contributed by atoms with E-state index < -0.39 is 0 Å².